The van der Waals surface area contributed by atoms with Crippen LogP contribution in [0.5, 0.6) is 5.75 Å². The molecular weight excluding hydrogens is 370 g/mol. The first-order valence-corrected chi connectivity index (χ1v) is 8.56. The number of carbonyl (C=O) groups is 1. The molecule has 0 unspecified atom stereocenters. The van der Waals surface area contributed by atoms with Crippen LogP contribution in [0.1, 0.15) is 6.42 Å². The van der Waals surface area contributed by atoms with Gasteiger partial charge in [0.2, 0.25) is 0 Å². The SMILES string of the molecule is O=C(COc1ccc2ccccc2c1Br)NCCCn1ccnc1. The summed E-state index contributed by atoms with van der Waals surface area (Å²) in [5.41, 5.74) is 0. The number of amides is 1. The Balaban J connectivity index is 1.46. The first-order valence-electron chi connectivity index (χ1n) is 7.76. The first kappa shape index (κ1) is 16.5. The summed E-state index contributed by atoms with van der Waals surface area (Å²) < 4.78 is 8.49. The number of benzene rings is 2. The van der Waals surface area contributed by atoms with Crippen LogP contribution in [0, 0.1) is 0 Å². The fourth-order valence-corrected chi connectivity index (χ4v) is 3.04. The molecule has 0 aliphatic rings. The molecule has 24 heavy (non-hydrogen) atoms. The molecule has 3 rings (SSSR count). The number of halogens is 1. The highest BCUT2D eigenvalue weighted by Gasteiger charge is 2.08. The number of hydrogen-bond donors (Lipinski definition) is 1. The number of aryl methyl sites for hydroxylation is 1. The van der Waals surface area contributed by atoms with Crippen molar-refractivity contribution >= 4 is 32.6 Å². The Morgan fingerprint density at radius 1 is 1.25 bits per heavy atom. The average molecular weight is 388 g/mol. The maximum atomic E-state index is 11.9. The smallest absolute Gasteiger partial charge is 0.257 e. The molecule has 5 nitrogen and oxygen atoms in total. The maximum Gasteiger partial charge on any atom is 0.257 e. The normalized spacial score (nSPS) is 10.7. The van der Waals surface area contributed by atoms with Crippen LogP contribution < -0.4 is 10.1 Å². The van der Waals surface area contributed by atoms with Crippen LogP contribution in [0.25, 0.3) is 10.8 Å². The van der Waals surface area contributed by atoms with E-state index in [4.69, 9.17) is 4.74 Å². The van der Waals surface area contributed by atoms with Gasteiger partial charge in [0.25, 0.3) is 5.91 Å². The van der Waals surface area contributed by atoms with E-state index in [-0.39, 0.29) is 12.5 Å². The summed E-state index contributed by atoms with van der Waals surface area (Å²) in [6, 6.07) is 11.9. The van der Waals surface area contributed by atoms with E-state index in [1.54, 1.807) is 12.5 Å². The van der Waals surface area contributed by atoms with E-state index in [0.717, 1.165) is 28.2 Å². The minimum atomic E-state index is -0.124. The Morgan fingerprint density at radius 2 is 2.12 bits per heavy atom. The van der Waals surface area contributed by atoms with Gasteiger partial charge in [-0.2, -0.15) is 0 Å². The van der Waals surface area contributed by atoms with E-state index in [1.807, 2.05) is 47.2 Å². The fourth-order valence-electron chi connectivity index (χ4n) is 2.43. The molecule has 6 heteroatoms. The highest BCUT2D eigenvalue weighted by molar-refractivity contribution is 9.10. The largest absolute Gasteiger partial charge is 0.483 e. The number of nitrogens with one attached hydrogen (secondary N) is 1. The van der Waals surface area contributed by atoms with Gasteiger partial charge >= 0.3 is 0 Å². The van der Waals surface area contributed by atoms with Crippen molar-refractivity contribution in [2.24, 2.45) is 0 Å². The second-order valence-electron chi connectivity index (χ2n) is 5.39. The third-order valence-corrected chi connectivity index (χ3v) is 4.48. The van der Waals surface area contributed by atoms with Gasteiger partial charge in [-0.05, 0) is 39.2 Å². The van der Waals surface area contributed by atoms with Crippen LogP contribution in [0.3, 0.4) is 0 Å². The monoisotopic (exact) mass is 387 g/mol. The van der Waals surface area contributed by atoms with Gasteiger partial charge in [-0.3, -0.25) is 4.79 Å². The van der Waals surface area contributed by atoms with Gasteiger partial charge in [0, 0.05) is 25.5 Å². The van der Waals surface area contributed by atoms with E-state index >= 15 is 0 Å². The highest BCUT2D eigenvalue weighted by atomic mass is 79.9. The molecular formula is C18H18BrN3O2. The van der Waals surface area contributed by atoms with Crippen molar-refractivity contribution in [1.29, 1.82) is 0 Å². The summed E-state index contributed by atoms with van der Waals surface area (Å²) in [7, 11) is 0. The lowest BCUT2D eigenvalue weighted by molar-refractivity contribution is -0.123. The van der Waals surface area contributed by atoms with Gasteiger partial charge in [0.1, 0.15) is 5.75 Å². The molecule has 0 saturated carbocycles. The third kappa shape index (κ3) is 4.14. The maximum absolute atomic E-state index is 11.9. The van der Waals surface area contributed by atoms with Gasteiger partial charge in [-0.25, -0.2) is 4.98 Å². The summed E-state index contributed by atoms with van der Waals surface area (Å²) in [5.74, 6) is 0.544. The highest BCUT2D eigenvalue weighted by Crippen LogP contribution is 2.32. The van der Waals surface area contributed by atoms with Crippen LogP contribution in [0.15, 0.2) is 59.6 Å². The van der Waals surface area contributed by atoms with Gasteiger partial charge in [0.15, 0.2) is 6.61 Å². The van der Waals surface area contributed by atoms with Gasteiger partial charge in [0.05, 0.1) is 10.8 Å². The zero-order chi connectivity index (χ0) is 16.8. The Morgan fingerprint density at radius 3 is 2.96 bits per heavy atom. The minimum absolute atomic E-state index is 0.00200. The zero-order valence-corrected chi connectivity index (χ0v) is 14.7. The van der Waals surface area contributed by atoms with E-state index < -0.39 is 0 Å². The number of hydrogen-bond acceptors (Lipinski definition) is 3. The van der Waals surface area contributed by atoms with Crippen LogP contribution in [-0.4, -0.2) is 28.6 Å². The number of aromatic nitrogens is 2. The molecule has 124 valence electrons. The summed E-state index contributed by atoms with van der Waals surface area (Å²) in [6.45, 7) is 1.44. The molecule has 0 atom stereocenters. The van der Waals surface area contributed by atoms with Crippen molar-refractivity contribution in [3.05, 3.63) is 59.6 Å². The topological polar surface area (TPSA) is 56.1 Å². The van der Waals surface area contributed by atoms with Gasteiger partial charge in [-0.15, -0.1) is 0 Å². The van der Waals surface area contributed by atoms with Gasteiger partial charge < -0.3 is 14.6 Å². The lowest BCUT2D eigenvalue weighted by Gasteiger charge is -2.11. The molecule has 3 aromatic rings. The summed E-state index contributed by atoms with van der Waals surface area (Å²) in [4.78, 5) is 15.9. The minimum Gasteiger partial charge on any atom is -0.483 e. The Labute approximate surface area is 148 Å². The number of nitrogens with zero attached hydrogens (tertiary/aromatic N) is 2. The number of imidazole rings is 1. The fraction of sp³-hybridized carbons (Fsp3) is 0.222. The second-order valence-corrected chi connectivity index (χ2v) is 6.18. The van der Waals surface area contributed by atoms with Crippen LogP contribution >= 0.6 is 15.9 Å². The molecule has 1 heterocycles. The van der Waals surface area contributed by atoms with Crippen molar-refractivity contribution in [3.8, 4) is 5.75 Å². The molecule has 0 bridgehead atoms. The van der Waals surface area contributed by atoms with Crippen LogP contribution in [0.2, 0.25) is 0 Å². The molecule has 0 radical (unpaired) electrons. The average Bonchev–Trinajstić information content (AvgIpc) is 3.12. The lowest BCUT2D eigenvalue weighted by Crippen LogP contribution is -2.30. The zero-order valence-electron chi connectivity index (χ0n) is 13.1. The van der Waals surface area contributed by atoms with Crippen molar-refractivity contribution < 1.29 is 9.53 Å². The molecule has 1 aromatic heterocycles. The van der Waals surface area contributed by atoms with Crippen molar-refractivity contribution in [3.63, 3.8) is 0 Å². The quantitative estimate of drug-likeness (QED) is 0.632. The predicted octanol–water partition coefficient (Wildman–Crippen LogP) is 3.38. The number of fused-ring (bicyclic) bond motifs is 1. The molecule has 0 fully saturated rings. The van der Waals surface area contributed by atoms with E-state index in [1.165, 1.54) is 0 Å². The molecule has 0 aliphatic carbocycles. The summed E-state index contributed by atoms with van der Waals surface area (Å²) in [5, 5.41) is 5.05. The van der Waals surface area contributed by atoms with Gasteiger partial charge in [-0.1, -0.05) is 30.3 Å². The molecule has 2 aromatic carbocycles. The number of ether oxygens (including phenoxy) is 1. The van der Waals surface area contributed by atoms with E-state index in [9.17, 15) is 4.79 Å². The van der Waals surface area contributed by atoms with Crippen LogP contribution in [-0.2, 0) is 11.3 Å². The molecule has 1 amide bonds. The molecule has 1 N–H and O–H groups in total. The van der Waals surface area contributed by atoms with E-state index in [0.29, 0.717) is 12.3 Å². The number of carbonyl (C=O) groups excluding carboxylic acids is 1. The van der Waals surface area contributed by atoms with Crippen molar-refractivity contribution in [1.82, 2.24) is 14.9 Å². The summed E-state index contributed by atoms with van der Waals surface area (Å²) in [6.07, 6.45) is 6.26. The molecule has 0 aliphatic heterocycles. The molecule has 0 saturated heterocycles. The van der Waals surface area contributed by atoms with Crippen molar-refractivity contribution in [2.45, 2.75) is 13.0 Å². The Hall–Kier alpha value is -2.34. The summed E-state index contributed by atoms with van der Waals surface area (Å²) >= 11 is 3.55. The van der Waals surface area contributed by atoms with Crippen LogP contribution in [0.4, 0.5) is 0 Å². The third-order valence-electron chi connectivity index (χ3n) is 3.66. The first-order chi connectivity index (χ1) is 11.7. The van der Waals surface area contributed by atoms with Crippen molar-refractivity contribution in [2.75, 3.05) is 13.2 Å². The molecule has 0 spiro atoms. The van der Waals surface area contributed by atoms with E-state index in [2.05, 4.69) is 26.2 Å². The second kappa shape index (κ2) is 7.97. The predicted molar refractivity (Wildman–Crippen MR) is 97.0 cm³/mol. The Bertz CT molecular complexity index is 818. The number of rotatable bonds is 7. The lowest BCUT2D eigenvalue weighted by atomic mass is 10.1. The Kier molecular flexibility index (Phi) is 5.48. The standard InChI is InChI=1S/C18H18BrN3O2/c19-18-15-5-2-1-4-14(15)6-7-16(18)24-12-17(23)21-8-3-10-22-11-9-20-13-22/h1-2,4-7,9,11,13H,3,8,10,12H2,(H,21,23).